The van der Waals surface area contributed by atoms with E-state index in [1.54, 1.807) is 0 Å². The van der Waals surface area contributed by atoms with Gasteiger partial charge in [-0.2, -0.15) is 18.1 Å². The molecule has 2 aromatic rings. The Morgan fingerprint density at radius 2 is 2.06 bits per heavy atom. The predicted octanol–water partition coefficient (Wildman–Crippen LogP) is 1.56. The molecule has 1 aliphatic heterocycles. The second-order valence-corrected chi connectivity index (χ2v) is 10.7. The number of piperidine rings is 1. The molecule has 4 rings (SSSR count). The van der Waals surface area contributed by atoms with E-state index in [9.17, 15) is 27.1 Å². The second kappa shape index (κ2) is 9.11. The average Bonchev–Trinajstić information content (AvgIpc) is 3.14. The number of anilines is 1. The van der Waals surface area contributed by atoms with Crippen molar-refractivity contribution < 1.29 is 27.0 Å². The van der Waals surface area contributed by atoms with Gasteiger partial charge in [-0.05, 0) is 31.2 Å². The van der Waals surface area contributed by atoms with Crippen LogP contribution in [0.2, 0.25) is 0 Å². The Morgan fingerprint density at radius 3 is 2.67 bits per heavy atom. The van der Waals surface area contributed by atoms with E-state index in [0.717, 1.165) is 19.1 Å². The number of fused-ring (bicyclic) bond motifs is 1. The first-order valence-corrected chi connectivity index (χ1v) is 12.7. The van der Waals surface area contributed by atoms with Crippen molar-refractivity contribution in [3.63, 3.8) is 0 Å². The smallest absolute Gasteiger partial charge is 0.387 e. The van der Waals surface area contributed by atoms with Crippen LogP contribution in [0.1, 0.15) is 38.6 Å². The van der Waals surface area contributed by atoms with Crippen molar-refractivity contribution in [3.05, 3.63) is 22.6 Å². The van der Waals surface area contributed by atoms with Crippen molar-refractivity contribution in [2.75, 3.05) is 24.7 Å². The Kier molecular flexibility index (Phi) is 6.56. The first-order valence-electron chi connectivity index (χ1n) is 10.8. The SMILES string of the molecule is C[C@H]1CCC[C@H]1n1c(=O)c(OC(F)F)cc2cnc(N[C@@H]3CCN(S(C)(=O)=O)C[C@H]3O)nc21. The van der Waals surface area contributed by atoms with Gasteiger partial charge in [-0.1, -0.05) is 13.3 Å². The van der Waals surface area contributed by atoms with E-state index < -0.39 is 40.1 Å². The molecule has 0 amide bonds. The van der Waals surface area contributed by atoms with Gasteiger partial charge >= 0.3 is 6.61 Å². The lowest BCUT2D eigenvalue weighted by Gasteiger charge is -2.34. The van der Waals surface area contributed by atoms with Crippen molar-refractivity contribution in [2.45, 2.75) is 57.4 Å². The molecule has 4 atom stereocenters. The summed E-state index contributed by atoms with van der Waals surface area (Å²) in [6, 6.07) is 0.503. The molecule has 1 saturated carbocycles. The van der Waals surface area contributed by atoms with Crippen LogP contribution >= 0.6 is 0 Å². The first-order chi connectivity index (χ1) is 15.5. The number of aromatic nitrogens is 3. The van der Waals surface area contributed by atoms with Crippen LogP contribution in [-0.4, -0.2) is 70.5 Å². The zero-order valence-corrected chi connectivity index (χ0v) is 19.1. The van der Waals surface area contributed by atoms with Crippen LogP contribution in [0.4, 0.5) is 14.7 Å². The molecule has 1 saturated heterocycles. The van der Waals surface area contributed by atoms with Crippen molar-refractivity contribution in [1.29, 1.82) is 0 Å². The lowest BCUT2D eigenvalue weighted by Crippen LogP contribution is -2.51. The predicted molar refractivity (Wildman–Crippen MR) is 117 cm³/mol. The number of hydrogen-bond donors (Lipinski definition) is 2. The number of aliphatic hydroxyl groups is 1. The standard InChI is InChI=1S/C20H27F2N5O5S/c1-11-4-3-5-14(11)27-17-12(8-16(18(27)29)32-19(21)22)9-23-20(25-17)24-13-6-7-26(10-15(13)28)33(2,30)31/h8-9,11,13-15,19,28H,3-7,10H2,1-2H3,(H,23,24,25)/t11-,13+,14+,15+/m0/s1. The highest BCUT2D eigenvalue weighted by Crippen LogP contribution is 2.36. The normalized spacial score (nSPS) is 26.7. The molecule has 3 heterocycles. The molecular formula is C20H27F2N5O5S. The van der Waals surface area contributed by atoms with E-state index >= 15 is 0 Å². The molecule has 0 aromatic carbocycles. The minimum absolute atomic E-state index is 0.0529. The maximum Gasteiger partial charge on any atom is 0.387 e. The Balaban J connectivity index is 1.69. The number of aliphatic hydroxyl groups excluding tert-OH is 1. The molecule has 2 aliphatic rings. The summed E-state index contributed by atoms with van der Waals surface area (Å²) in [6.45, 7) is -0.948. The number of nitrogens with zero attached hydrogens (tertiary/aromatic N) is 4. The molecule has 2 fully saturated rings. The van der Waals surface area contributed by atoms with Crippen LogP contribution in [-0.2, 0) is 10.0 Å². The van der Waals surface area contributed by atoms with Gasteiger partial charge in [0.2, 0.25) is 16.0 Å². The van der Waals surface area contributed by atoms with Gasteiger partial charge < -0.3 is 15.2 Å². The summed E-state index contributed by atoms with van der Waals surface area (Å²) in [5.41, 5.74) is -0.381. The number of pyridine rings is 1. The average molecular weight is 488 g/mol. The Bertz CT molecular complexity index is 1190. The molecule has 2 N–H and O–H groups in total. The second-order valence-electron chi connectivity index (χ2n) is 8.74. The molecule has 0 spiro atoms. The van der Waals surface area contributed by atoms with Gasteiger partial charge in [0, 0.05) is 30.7 Å². The summed E-state index contributed by atoms with van der Waals surface area (Å²) in [5.74, 6) is -0.147. The lowest BCUT2D eigenvalue weighted by atomic mass is 10.0. The Labute approximate surface area is 189 Å². The van der Waals surface area contributed by atoms with E-state index in [2.05, 4.69) is 20.0 Å². The number of nitrogens with one attached hydrogen (secondary N) is 1. The third-order valence-electron chi connectivity index (χ3n) is 6.43. The molecule has 33 heavy (non-hydrogen) atoms. The zero-order chi connectivity index (χ0) is 23.9. The van der Waals surface area contributed by atoms with Crippen molar-refractivity contribution >= 4 is 27.0 Å². The Morgan fingerprint density at radius 1 is 1.30 bits per heavy atom. The summed E-state index contributed by atoms with van der Waals surface area (Å²) in [6.07, 6.45) is 4.38. The summed E-state index contributed by atoms with van der Waals surface area (Å²) in [4.78, 5) is 21.8. The molecule has 2 aromatic heterocycles. The molecule has 1 aliphatic carbocycles. The van der Waals surface area contributed by atoms with Gasteiger partial charge in [0.25, 0.3) is 5.56 Å². The fourth-order valence-electron chi connectivity index (χ4n) is 4.70. The lowest BCUT2D eigenvalue weighted by molar-refractivity contribution is -0.0510. The van der Waals surface area contributed by atoms with E-state index in [1.807, 2.05) is 6.92 Å². The van der Waals surface area contributed by atoms with Gasteiger partial charge in [0.05, 0.1) is 18.4 Å². The highest BCUT2D eigenvalue weighted by molar-refractivity contribution is 7.88. The minimum atomic E-state index is -3.41. The first kappa shape index (κ1) is 23.8. The number of halogens is 2. The van der Waals surface area contributed by atoms with Crippen LogP contribution in [0.5, 0.6) is 5.75 Å². The highest BCUT2D eigenvalue weighted by Gasteiger charge is 2.33. The fourth-order valence-corrected chi connectivity index (χ4v) is 5.56. The van der Waals surface area contributed by atoms with E-state index in [0.29, 0.717) is 23.9 Å². The molecule has 182 valence electrons. The maximum atomic E-state index is 13.1. The van der Waals surface area contributed by atoms with E-state index in [-0.39, 0.29) is 31.0 Å². The van der Waals surface area contributed by atoms with Crippen LogP contribution in [0.15, 0.2) is 17.1 Å². The summed E-state index contributed by atoms with van der Waals surface area (Å²) >= 11 is 0. The quantitative estimate of drug-likeness (QED) is 0.629. The van der Waals surface area contributed by atoms with E-state index in [4.69, 9.17) is 0 Å². The summed E-state index contributed by atoms with van der Waals surface area (Å²) < 4.78 is 56.3. The molecule has 13 heteroatoms. The third kappa shape index (κ3) is 4.94. The number of β-amino-alcohol motifs (C(OH)–C–C–N with tert-alkyl or cyclic N) is 1. The molecule has 0 unspecified atom stereocenters. The van der Waals surface area contributed by atoms with Gasteiger partial charge in [0.1, 0.15) is 5.65 Å². The topological polar surface area (TPSA) is 127 Å². The highest BCUT2D eigenvalue weighted by atomic mass is 32.2. The van der Waals surface area contributed by atoms with Crippen molar-refractivity contribution in [2.24, 2.45) is 5.92 Å². The number of ether oxygens (including phenoxy) is 1. The van der Waals surface area contributed by atoms with Crippen LogP contribution in [0, 0.1) is 5.92 Å². The van der Waals surface area contributed by atoms with Crippen molar-refractivity contribution in [1.82, 2.24) is 18.8 Å². The third-order valence-corrected chi connectivity index (χ3v) is 7.70. The number of alkyl halides is 2. The van der Waals surface area contributed by atoms with Crippen LogP contribution < -0.4 is 15.6 Å². The fraction of sp³-hybridized carbons (Fsp3) is 0.650. The number of rotatable bonds is 6. The molecule has 0 radical (unpaired) electrons. The monoisotopic (exact) mass is 487 g/mol. The summed E-state index contributed by atoms with van der Waals surface area (Å²) in [7, 11) is -3.41. The largest absolute Gasteiger partial charge is 0.429 e. The number of sulfonamides is 1. The van der Waals surface area contributed by atoms with Crippen molar-refractivity contribution in [3.8, 4) is 5.75 Å². The van der Waals surface area contributed by atoms with E-state index in [1.165, 1.54) is 21.1 Å². The van der Waals surface area contributed by atoms with Crippen LogP contribution in [0.3, 0.4) is 0 Å². The number of hydrogen-bond acceptors (Lipinski definition) is 8. The van der Waals surface area contributed by atoms with Crippen LogP contribution in [0.25, 0.3) is 11.0 Å². The van der Waals surface area contributed by atoms with Gasteiger partial charge in [0.15, 0.2) is 5.75 Å². The molecular weight excluding hydrogens is 460 g/mol. The summed E-state index contributed by atoms with van der Waals surface area (Å²) in [5, 5.41) is 13.8. The molecule has 0 bridgehead atoms. The molecule has 10 nitrogen and oxygen atoms in total. The maximum absolute atomic E-state index is 13.1. The Hall–Kier alpha value is -2.38. The van der Waals surface area contributed by atoms with Gasteiger partial charge in [-0.3, -0.25) is 9.36 Å². The van der Waals surface area contributed by atoms with Gasteiger partial charge in [-0.15, -0.1) is 0 Å². The van der Waals surface area contributed by atoms with Gasteiger partial charge in [-0.25, -0.2) is 13.4 Å². The minimum Gasteiger partial charge on any atom is -0.429 e. The zero-order valence-electron chi connectivity index (χ0n) is 18.3.